The van der Waals surface area contributed by atoms with E-state index in [2.05, 4.69) is 15.9 Å². The molecule has 2 unspecified atom stereocenters. The van der Waals surface area contributed by atoms with Crippen LogP contribution in [-0.2, 0) is 19.1 Å². The van der Waals surface area contributed by atoms with Gasteiger partial charge in [0.2, 0.25) is 0 Å². The van der Waals surface area contributed by atoms with Crippen LogP contribution in [0.5, 0.6) is 0 Å². The average Bonchev–Trinajstić information content (AvgIpc) is 3.33. The highest BCUT2D eigenvalue weighted by Gasteiger charge is 2.26. The van der Waals surface area contributed by atoms with Gasteiger partial charge in [-0.15, -0.1) is 0 Å². The van der Waals surface area contributed by atoms with Gasteiger partial charge in [0.25, 0.3) is 5.91 Å². The Bertz CT molecular complexity index is 583. The highest BCUT2D eigenvalue weighted by molar-refractivity contribution is 9.10. The van der Waals surface area contributed by atoms with Crippen molar-refractivity contribution in [1.82, 2.24) is 5.06 Å². The van der Waals surface area contributed by atoms with Crippen LogP contribution >= 0.6 is 15.9 Å². The first-order valence-electron chi connectivity index (χ1n) is 8.37. The topological polar surface area (TPSA) is 65.1 Å². The summed E-state index contributed by atoms with van der Waals surface area (Å²) in [6, 6.07) is 7.44. The first kappa shape index (κ1) is 20.0. The molecule has 0 aliphatic carbocycles. The van der Waals surface area contributed by atoms with Gasteiger partial charge in [0.15, 0.2) is 5.78 Å². The molecule has 0 radical (unpaired) electrons. The standard InChI is InChI=1S/C11H11BrO2.C7H13NO3/c12-9-4-1-3-8(7-9)11(13)10-5-2-6-14-10;1-8(10-2)7(9)6-4-3-5-11-6/h1,3-4,7,10H,2,5-6H2;6H,3-5H2,1-2H3. The molecule has 3 rings (SSSR count). The quantitative estimate of drug-likeness (QED) is 0.560. The summed E-state index contributed by atoms with van der Waals surface area (Å²) in [5, 5.41) is 1.20. The fourth-order valence-electron chi connectivity index (χ4n) is 2.68. The summed E-state index contributed by atoms with van der Waals surface area (Å²) in [5.74, 6) is 0.00815. The van der Waals surface area contributed by atoms with Crippen LogP contribution in [0, 0.1) is 0 Å². The van der Waals surface area contributed by atoms with E-state index in [0.29, 0.717) is 13.2 Å². The molecule has 2 aliphatic heterocycles. The predicted molar refractivity (Wildman–Crippen MR) is 96.2 cm³/mol. The van der Waals surface area contributed by atoms with Crippen molar-refractivity contribution in [2.75, 3.05) is 27.4 Å². The Morgan fingerprint density at radius 2 is 1.80 bits per heavy atom. The SMILES string of the molecule is CON(C)C(=O)C1CCCO1.O=C(c1cccc(Br)c1)C1CCCO1. The van der Waals surface area contributed by atoms with Gasteiger partial charge in [-0.25, -0.2) is 5.06 Å². The molecule has 138 valence electrons. The monoisotopic (exact) mass is 413 g/mol. The van der Waals surface area contributed by atoms with E-state index in [9.17, 15) is 9.59 Å². The van der Waals surface area contributed by atoms with Crippen molar-refractivity contribution in [2.45, 2.75) is 37.9 Å². The number of benzene rings is 1. The fraction of sp³-hybridized carbons (Fsp3) is 0.556. The van der Waals surface area contributed by atoms with Gasteiger partial charge < -0.3 is 9.47 Å². The first-order chi connectivity index (χ1) is 12.0. The van der Waals surface area contributed by atoms with E-state index in [0.717, 1.165) is 35.7 Å². The van der Waals surface area contributed by atoms with E-state index in [1.807, 2.05) is 24.3 Å². The van der Waals surface area contributed by atoms with Crippen molar-refractivity contribution in [3.63, 3.8) is 0 Å². The number of nitrogens with zero attached hydrogens (tertiary/aromatic N) is 1. The maximum absolute atomic E-state index is 11.9. The number of rotatable bonds is 4. The third kappa shape index (κ3) is 5.88. The van der Waals surface area contributed by atoms with Crippen LogP contribution in [0.1, 0.15) is 36.0 Å². The van der Waals surface area contributed by atoms with E-state index in [4.69, 9.17) is 14.3 Å². The first-order valence-corrected chi connectivity index (χ1v) is 9.17. The number of likely N-dealkylation sites (N-methyl/N-ethyl adjacent to an activating group) is 1. The highest BCUT2D eigenvalue weighted by Crippen LogP contribution is 2.19. The van der Waals surface area contributed by atoms with Crippen molar-refractivity contribution in [1.29, 1.82) is 0 Å². The largest absolute Gasteiger partial charge is 0.370 e. The van der Waals surface area contributed by atoms with Crippen molar-refractivity contribution in [3.05, 3.63) is 34.3 Å². The fourth-order valence-corrected chi connectivity index (χ4v) is 3.08. The second kappa shape index (κ2) is 10.0. The van der Waals surface area contributed by atoms with Crippen LogP contribution < -0.4 is 0 Å². The van der Waals surface area contributed by atoms with Crippen molar-refractivity contribution in [2.24, 2.45) is 0 Å². The van der Waals surface area contributed by atoms with Crippen LogP contribution in [-0.4, -0.2) is 56.3 Å². The lowest BCUT2D eigenvalue weighted by Crippen LogP contribution is -2.35. The van der Waals surface area contributed by atoms with E-state index in [1.54, 1.807) is 7.05 Å². The molecule has 0 saturated carbocycles. The Kier molecular flexibility index (Phi) is 8.02. The number of amides is 1. The lowest BCUT2D eigenvalue weighted by atomic mass is 10.0. The number of hydroxylamine groups is 2. The number of carbonyl (C=O) groups is 2. The molecule has 1 aromatic rings. The summed E-state index contributed by atoms with van der Waals surface area (Å²) in [6.07, 6.45) is 3.13. The van der Waals surface area contributed by atoms with Gasteiger partial charge in [0.1, 0.15) is 12.2 Å². The summed E-state index contributed by atoms with van der Waals surface area (Å²) >= 11 is 3.35. The van der Waals surface area contributed by atoms with Crippen LogP contribution in [0.15, 0.2) is 28.7 Å². The number of ether oxygens (including phenoxy) is 2. The third-order valence-electron chi connectivity index (χ3n) is 4.12. The van der Waals surface area contributed by atoms with Crippen molar-refractivity contribution >= 4 is 27.6 Å². The number of Topliss-reactive ketones (excluding diaryl/α,β-unsaturated/α-hetero) is 1. The molecule has 2 aliphatic rings. The van der Waals surface area contributed by atoms with Gasteiger partial charge in [-0.1, -0.05) is 28.1 Å². The van der Waals surface area contributed by atoms with Crippen LogP contribution in [0.3, 0.4) is 0 Å². The lowest BCUT2D eigenvalue weighted by Gasteiger charge is -2.17. The summed E-state index contributed by atoms with van der Waals surface area (Å²) in [4.78, 5) is 27.8. The van der Waals surface area contributed by atoms with Crippen LogP contribution in [0.25, 0.3) is 0 Å². The summed E-state index contributed by atoms with van der Waals surface area (Å²) in [7, 11) is 3.05. The minimum Gasteiger partial charge on any atom is -0.370 e. The smallest absolute Gasteiger partial charge is 0.274 e. The van der Waals surface area contributed by atoms with Gasteiger partial charge in [-0.2, -0.15) is 0 Å². The molecule has 0 bridgehead atoms. The summed E-state index contributed by atoms with van der Waals surface area (Å²) < 4.78 is 11.4. The number of halogens is 1. The Labute approximate surface area is 156 Å². The third-order valence-corrected chi connectivity index (χ3v) is 4.61. The van der Waals surface area contributed by atoms with Crippen LogP contribution in [0.2, 0.25) is 0 Å². The molecule has 1 amide bonds. The molecule has 0 N–H and O–H groups in total. The molecular weight excluding hydrogens is 390 g/mol. The number of hydrogen-bond acceptors (Lipinski definition) is 5. The number of hydrogen-bond donors (Lipinski definition) is 0. The zero-order valence-corrected chi connectivity index (χ0v) is 16.2. The Hall–Kier alpha value is -1.28. The zero-order chi connectivity index (χ0) is 18.2. The van der Waals surface area contributed by atoms with Gasteiger partial charge >= 0.3 is 0 Å². The maximum atomic E-state index is 11.9. The van der Waals surface area contributed by atoms with E-state index in [1.165, 1.54) is 12.2 Å². The molecule has 2 saturated heterocycles. The highest BCUT2D eigenvalue weighted by atomic mass is 79.9. The molecule has 7 heteroatoms. The lowest BCUT2D eigenvalue weighted by molar-refractivity contribution is -0.178. The molecule has 6 nitrogen and oxygen atoms in total. The van der Waals surface area contributed by atoms with E-state index < -0.39 is 0 Å². The average molecular weight is 414 g/mol. The van der Waals surface area contributed by atoms with Gasteiger partial charge in [0.05, 0.1) is 7.11 Å². The molecule has 1 aromatic carbocycles. The Balaban J connectivity index is 0.000000186. The molecule has 0 spiro atoms. The van der Waals surface area contributed by atoms with Crippen molar-refractivity contribution < 1.29 is 23.9 Å². The van der Waals surface area contributed by atoms with Gasteiger partial charge in [0, 0.05) is 30.3 Å². The minimum atomic E-state index is -0.278. The summed E-state index contributed by atoms with van der Waals surface area (Å²) in [5.41, 5.74) is 0.728. The van der Waals surface area contributed by atoms with Gasteiger partial charge in [-0.05, 0) is 37.8 Å². The Morgan fingerprint density at radius 1 is 1.16 bits per heavy atom. The van der Waals surface area contributed by atoms with E-state index in [-0.39, 0.29) is 23.9 Å². The maximum Gasteiger partial charge on any atom is 0.274 e. The number of carbonyl (C=O) groups excluding carboxylic acids is 2. The zero-order valence-electron chi connectivity index (χ0n) is 14.6. The second-order valence-electron chi connectivity index (χ2n) is 5.90. The second-order valence-corrected chi connectivity index (χ2v) is 6.81. The molecule has 25 heavy (non-hydrogen) atoms. The van der Waals surface area contributed by atoms with Crippen LogP contribution in [0.4, 0.5) is 0 Å². The predicted octanol–water partition coefficient (Wildman–Crippen LogP) is 3.00. The minimum absolute atomic E-state index is 0.0926. The summed E-state index contributed by atoms with van der Waals surface area (Å²) in [6.45, 7) is 1.40. The normalized spacial score (nSPS) is 22.2. The number of ketones is 1. The molecule has 2 fully saturated rings. The molecular formula is C18H24BrNO5. The van der Waals surface area contributed by atoms with E-state index >= 15 is 0 Å². The van der Waals surface area contributed by atoms with Crippen molar-refractivity contribution in [3.8, 4) is 0 Å². The molecule has 0 aromatic heterocycles. The molecule has 2 heterocycles. The Morgan fingerprint density at radius 3 is 2.32 bits per heavy atom. The van der Waals surface area contributed by atoms with Gasteiger partial charge in [-0.3, -0.25) is 14.4 Å². The molecule has 2 atom stereocenters.